The Morgan fingerprint density at radius 1 is 1.11 bits per heavy atom. The van der Waals surface area contributed by atoms with E-state index < -0.39 is 24.0 Å². The molecule has 0 aromatic rings. The van der Waals surface area contributed by atoms with Crippen LogP contribution in [0.25, 0.3) is 0 Å². The molecular weight excluding hydrogens is 256 g/mol. The van der Waals surface area contributed by atoms with Gasteiger partial charge < -0.3 is 10.2 Å². The van der Waals surface area contributed by atoms with Crippen LogP contribution in [0.1, 0.15) is 26.7 Å². The van der Waals surface area contributed by atoms with Crippen LogP contribution in [0.2, 0.25) is 0 Å². The van der Waals surface area contributed by atoms with Crippen molar-refractivity contribution in [3.63, 3.8) is 0 Å². The summed E-state index contributed by atoms with van der Waals surface area (Å²) in [5.74, 6) is -1.04. The molecule has 0 aromatic heterocycles. The predicted molar refractivity (Wildman–Crippen MR) is 71.6 cm³/mol. The molecule has 0 aromatic carbocycles. The molecule has 0 radical (unpaired) electrons. The van der Waals surface area contributed by atoms with Crippen LogP contribution in [-0.2, 0) is 9.59 Å². The number of thioether (sulfide) groups is 1. The first-order chi connectivity index (χ1) is 8.38. The van der Waals surface area contributed by atoms with Gasteiger partial charge in [-0.15, -0.1) is 0 Å². The number of rotatable bonds is 10. The normalized spacial score (nSPS) is 14.4. The lowest BCUT2D eigenvalue weighted by molar-refractivity contribution is -0.143. The van der Waals surface area contributed by atoms with E-state index in [1.165, 1.54) is 0 Å². The van der Waals surface area contributed by atoms with Crippen molar-refractivity contribution in [2.75, 3.05) is 12.0 Å². The lowest BCUT2D eigenvalue weighted by atomic mass is 10.0. The molecule has 6 nitrogen and oxygen atoms in total. The molecule has 4 N–H and O–H groups in total. The van der Waals surface area contributed by atoms with Crippen molar-refractivity contribution < 1.29 is 19.8 Å². The first-order valence-electron chi connectivity index (χ1n) is 5.84. The van der Waals surface area contributed by atoms with Gasteiger partial charge in [-0.1, -0.05) is 13.8 Å². The van der Waals surface area contributed by atoms with Crippen LogP contribution in [0, 0.1) is 5.92 Å². The molecule has 0 unspecified atom stereocenters. The minimum Gasteiger partial charge on any atom is -0.480 e. The molecule has 2 atom stereocenters. The van der Waals surface area contributed by atoms with Gasteiger partial charge >= 0.3 is 11.9 Å². The van der Waals surface area contributed by atoms with Crippen LogP contribution in [0.4, 0.5) is 0 Å². The Labute approximate surface area is 111 Å². The molecule has 0 rings (SSSR count). The monoisotopic (exact) mass is 278 g/mol. The van der Waals surface area contributed by atoms with Crippen molar-refractivity contribution in [2.24, 2.45) is 5.92 Å². The molecule has 0 saturated heterocycles. The van der Waals surface area contributed by atoms with Gasteiger partial charge in [-0.2, -0.15) is 11.8 Å². The Balaban J connectivity index is 4.27. The third kappa shape index (κ3) is 7.52. The van der Waals surface area contributed by atoms with Gasteiger partial charge in [0.1, 0.15) is 12.1 Å². The van der Waals surface area contributed by atoms with Gasteiger partial charge in [-0.05, 0) is 30.8 Å². The maximum Gasteiger partial charge on any atom is 0.322 e. The summed E-state index contributed by atoms with van der Waals surface area (Å²) < 4.78 is 0. The van der Waals surface area contributed by atoms with Crippen LogP contribution < -0.4 is 10.9 Å². The van der Waals surface area contributed by atoms with E-state index in [9.17, 15) is 9.59 Å². The molecular formula is C11H22N2O4S. The summed E-state index contributed by atoms with van der Waals surface area (Å²) in [5.41, 5.74) is 5.20. The van der Waals surface area contributed by atoms with Gasteiger partial charge in [-0.3, -0.25) is 9.59 Å². The third-order valence-electron chi connectivity index (χ3n) is 2.35. The smallest absolute Gasteiger partial charge is 0.322 e. The minimum atomic E-state index is -0.981. The van der Waals surface area contributed by atoms with Crippen molar-refractivity contribution >= 4 is 23.7 Å². The molecule has 106 valence electrons. The Morgan fingerprint density at radius 2 is 1.61 bits per heavy atom. The van der Waals surface area contributed by atoms with Crippen molar-refractivity contribution in [1.29, 1.82) is 0 Å². The van der Waals surface area contributed by atoms with Gasteiger partial charge in [0.05, 0.1) is 0 Å². The van der Waals surface area contributed by atoms with E-state index in [1.807, 2.05) is 20.1 Å². The summed E-state index contributed by atoms with van der Waals surface area (Å²) in [4.78, 5) is 21.9. The highest BCUT2D eigenvalue weighted by Crippen LogP contribution is 2.05. The lowest BCUT2D eigenvalue weighted by Gasteiger charge is -2.20. The number of hydrazine groups is 1. The summed E-state index contributed by atoms with van der Waals surface area (Å²) in [6.45, 7) is 3.83. The Hall–Kier alpha value is -0.790. The molecule has 0 heterocycles. The second-order valence-corrected chi connectivity index (χ2v) is 5.47. The van der Waals surface area contributed by atoms with Gasteiger partial charge in [0.15, 0.2) is 0 Å². The maximum absolute atomic E-state index is 11.0. The van der Waals surface area contributed by atoms with Crippen molar-refractivity contribution in [3.8, 4) is 0 Å². The number of hydrogen-bond donors (Lipinski definition) is 4. The second-order valence-electron chi connectivity index (χ2n) is 4.48. The molecule has 0 aliphatic rings. The first-order valence-corrected chi connectivity index (χ1v) is 7.23. The zero-order chi connectivity index (χ0) is 14.1. The number of aliphatic carboxylic acids is 2. The Kier molecular flexibility index (Phi) is 8.78. The standard InChI is InChI=1S/C11H22N2O4S/c1-7(2)6-9(11(16)17)13-12-8(10(14)15)4-5-18-3/h7-9,12-13H,4-6H2,1-3H3,(H,14,15)(H,16,17)/t8-,9-/m0/s1. The summed E-state index contributed by atoms with van der Waals surface area (Å²) in [6, 6.07) is -1.55. The molecule has 0 aliphatic carbocycles. The predicted octanol–water partition coefficient (Wildman–Crippen LogP) is 0.786. The molecule has 0 aliphatic heterocycles. The minimum absolute atomic E-state index is 0.217. The Morgan fingerprint density at radius 3 is 2.00 bits per heavy atom. The van der Waals surface area contributed by atoms with Crippen molar-refractivity contribution in [2.45, 2.75) is 38.8 Å². The van der Waals surface area contributed by atoms with E-state index in [2.05, 4.69) is 10.9 Å². The first kappa shape index (κ1) is 17.2. The highest BCUT2D eigenvalue weighted by atomic mass is 32.2. The summed E-state index contributed by atoms with van der Waals surface area (Å²) in [5, 5.41) is 18.0. The fourth-order valence-electron chi connectivity index (χ4n) is 1.39. The topological polar surface area (TPSA) is 98.7 Å². The molecule has 0 fully saturated rings. The lowest BCUT2D eigenvalue weighted by Crippen LogP contribution is -2.53. The van der Waals surface area contributed by atoms with Gasteiger partial charge in [-0.25, -0.2) is 10.9 Å². The largest absolute Gasteiger partial charge is 0.480 e. The van der Waals surface area contributed by atoms with E-state index in [4.69, 9.17) is 10.2 Å². The van der Waals surface area contributed by atoms with E-state index in [1.54, 1.807) is 11.8 Å². The van der Waals surface area contributed by atoms with Gasteiger partial charge in [0.2, 0.25) is 0 Å². The second kappa shape index (κ2) is 9.18. The SMILES string of the molecule is CSCC[C@H](NN[C@@H](CC(C)C)C(=O)O)C(=O)O. The molecule has 0 saturated carbocycles. The average Bonchev–Trinajstić information content (AvgIpc) is 2.26. The molecule has 0 amide bonds. The number of carboxylic acids is 2. The molecule has 0 spiro atoms. The van der Waals surface area contributed by atoms with Gasteiger partial charge in [0, 0.05) is 0 Å². The molecule has 7 heteroatoms. The van der Waals surface area contributed by atoms with Crippen LogP contribution in [-0.4, -0.2) is 46.2 Å². The van der Waals surface area contributed by atoms with E-state index in [0.717, 1.165) is 0 Å². The van der Waals surface area contributed by atoms with Crippen LogP contribution in [0.5, 0.6) is 0 Å². The summed E-state index contributed by atoms with van der Waals surface area (Å²) in [7, 11) is 0. The van der Waals surface area contributed by atoms with E-state index >= 15 is 0 Å². The zero-order valence-electron chi connectivity index (χ0n) is 11.0. The number of nitrogens with one attached hydrogen (secondary N) is 2. The quantitative estimate of drug-likeness (QED) is 0.438. The average molecular weight is 278 g/mol. The van der Waals surface area contributed by atoms with E-state index in [-0.39, 0.29) is 5.92 Å². The highest BCUT2D eigenvalue weighted by Gasteiger charge is 2.22. The summed E-state index contributed by atoms with van der Waals surface area (Å²) >= 11 is 1.55. The number of carboxylic acid groups (broad SMARTS) is 2. The van der Waals surface area contributed by atoms with Crippen LogP contribution >= 0.6 is 11.8 Å². The van der Waals surface area contributed by atoms with Crippen LogP contribution in [0.3, 0.4) is 0 Å². The van der Waals surface area contributed by atoms with E-state index in [0.29, 0.717) is 18.6 Å². The van der Waals surface area contributed by atoms with Gasteiger partial charge in [0.25, 0.3) is 0 Å². The Bertz CT molecular complexity index is 274. The van der Waals surface area contributed by atoms with Crippen molar-refractivity contribution in [1.82, 2.24) is 10.9 Å². The zero-order valence-corrected chi connectivity index (χ0v) is 11.8. The maximum atomic E-state index is 11.0. The molecule has 0 bridgehead atoms. The molecule has 18 heavy (non-hydrogen) atoms. The number of carbonyl (C=O) groups is 2. The van der Waals surface area contributed by atoms with Crippen LogP contribution in [0.15, 0.2) is 0 Å². The highest BCUT2D eigenvalue weighted by molar-refractivity contribution is 7.98. The fourth-order valence-corrected chi connectivity index (χ4v) is 1.86. The summed E-state index contributed by atoms with van der Waals surface area (Å²) in [6.07, 6.45) is 2.78. The fraction of sp³-hybridized carbons (Fsp3) is 0.818. The third-order valence-corrected chi connectivity index (χ3v) is 2.99. The van der Waals surface area contributed by atoms with Crippen molar-refractivity contribution in [3.05, 3.63) is 0 Å². The number of hydrogen-bond acceptors (Lipinski definition) is 5.